The van der Waals surface area contributed by atoms with Gasteiger partial charge in [0.05, 0.1) is 18.0 Å². The van der Waals surface area contributed by atoms with Crippen LogP contribution in [0.2, 0.25) is 10.4 Å². The van der Waals surface area contributed by atoms with Crippen molar-refractivity contribution in [2.24, 2.45) is 0 Å². The van der Waals surface area contributed by atoms with Gasteiger partial charge in [-0.3, -0.25) is 0 Å². The fourth-order valence-electron chi connectivity index (χ4n) is 1.54. The largest absolute Gasteiger partial charge is 0.493 e. The monoisotopic (exact) mass is 260 g/mol. The molecule has 6 heteroatoms. The van der Waals surface area contributed by atoms with Gasteiger partial charge in [0.25, 0.3) is 0 Å². The van der Waals surface area contributed by atoms with Crippen LogP contribution in [0.5, 0.6) is 5.75 Å². The molecule has 0 bridgehead atoms. The molecule has 0 aliphatic carbocycles. The van der Waals surface area contributed by atoms with E-state index in [1.807, 2.05) is 0 Å². The van der Waals surface area contributed by atoms with E-state index in [0.717, 1.165) is 0 Å². The van der Waals surface area contributed by atoms with Crippen molar-refractivity contribution in [2.45, 2.75) is 6.92 Å². The second-order valence-electron chi connectivity index (χ2n) is 3.22. The van der Waals surface area contributed by atoms with E-state index in [4.69, 9.17) is 27.9 Å². The van der Waals surface area contributed by atoms with Gasteiger partial charge in [-0.15, -0.1) is 0 Å². The van der Waals surface area contributed by atoms with Gasteiger partial charge in [-0.2, -0.15) is 0 Å². The molecule has 2 aromatic rings. The number of hydrogen-bond acceptors (Lipinski definition) is 3. The first kappa shape index (κ1) is 11.4. The third-order valence-electron chi connectivity index (χ3n) is 2.20. The van der Waals surface area contributed by atoms with Crippen LogP contribution in [0.3, 0.4) is 0 Å². The molecule has 0 fully saturated rings. The third kappa shape index (κ3) is 1.68. The predicted octanol–water partition coefficient (Wildman–Crippen LogP) is 3.39. The molecule has 0 saturated heterocycles. The van der Waals surface area contributed by atoms with Crippen molar-refractivity contribution in [1.29, 1.82) is 0 Å². The van der Waals surface area contributed by atoms with E-state index in [9.17, 15) is 4.39 Å². The molecule has 0 atom stereocenters. The minimum absolute atomic E-state index is 0.0225. The number of fused-ring (bicyclic) bond motifs is 1. The van der Waals surface area contributed by atoms with Gasteiger partial charge in [0.2, 0.25) is 5.28 Å². The first-order valence-electron chi connectivity index (χ1n) is 4.40. The Morgan fingerprint density at radius 2 is 2.00 bits per heavy atom. The van der Waals surface area contributed by atoms with Crippen LogP contribution in [0.1, 0.15) is 5.56 Å². The predicted molar refractivity (Wildman–Crippen MR) is 60.8 cm³/mol. The molecule has 0 N–H and O–H groups in total. The lowest BCUT2D eigenvalue weighted by Gasteiger charge is -2.09. The van der Waals surface area contributed by atoms with Gasteiger partial charge in [-0.25, -0.2) is 14.4 Å². The van der Waals surface area contributed by atoms with Crippen molar-refractivity contribution >= 4 is 34.1 Å². The highest BCUT2D eigenvalue weighted by atomic mass is 35.5. The average molecular weight is 261 g/mol. The van der Waals surface area contributed by atoms with Crippen LogP contribution in [-0.4, -0.2) is 17.1 Å². The molecule has 1 aromatic heterocycles. The van der Waals surface area contributed by atoms with E-state index in [1.165, 1.54) is 13.2 Å². The third-order valence-corrected chi connectivity index (χ3v) is 2.64. The summed E-state index contributed by atoms with van der Waals surface area (Å²) in [5.74, 6) is -0.470. The number of benzene rings is 1. The van der Waals surface area contributed by atoms with E-state index >= 15 is 0 Å². The SMILES string of the molecule is COc1c(F)cc(C)c2nc(Cl)nc(Cl)c12. The number of aromatic nitrogens is 2. The molecule has 0 amide bonds. The van der Waals surface area contributed by atoms with Gasteiger partial charge >= 0.3 is 0 Å². The van der Waals surface area contributed by atoms with Crippen LogP contribution in [-0.2, 0) is 0 Å². The zero-order valence-electron chi connectivity index (χ0n) is 8.51. The number of hydrogen-bond donors (Lipinski definition) is 0. The van der Waals surface area contributed by atoms with Gasteiger partial charge in [0.1, 0.15) is 5.15 Å². The molecule has 0 radical (unpaired) electrons. The minimum Gasteiger partial charge on any atom is -0.493 e. The summed E-state index contributed by atoms with van der Waals surface area (Å²) in [6.07, 6.45) is 0. The normalized spacial score (nSPS) is 10.8. The average Bonchev–Trinajstić information content (AvgIpc) is 2.20. The number of aryl methyl sites for hydroxylation is 1. The molecule has 1 heterocycles. The molecule has 84 valence electrons. The van der Waals surface area contributed by atoms with E-state index in [0.29, 0.717) is 16.5 Å². The van der Waals surface area contributed by atoms with Gasteiger partial charge < -0.3 is 4.74 Å². The summed E-state index contributed by atoms with van der Waals surface area (Å²) in [6.45, 7) is 1.71. The summed E-state index contributed by atoms with van der Waals surface area (Å²) >= 11 is 11.6. The smallest absolute Gasteiger partial charge is 0.224 e. The zero-order chi connectivity index (χ0) is 11.9. The Labute approximate surface area is 101 Å². The Morgan fingerprint density at radius 1 is 1.31 bits per heavy atom. The molecule has 1 aromatic carbocycles. The standard InChI is InChI=1S/C10H7Cl2FN2O/c1-4-3-5(13)8(16-2)6-7(4)14-10(12)15-9(6)11/h3H,1-2H3. The maximum absolute atomic E-state index is 13.6. The van der Waals surface area contributed by atoms with Gasteiger partial charge in [0.15, 0.2) is 11.6 Å². The Hall–Kier alpha value is -1.13. The van der Waals surface area contributed by atoms with Crippen LogP contribution < -0.4 is 4.74 Å². The fourth-order valence-corrected chi connectivity index (χ4v) is 2.00. The Kier molecular flexibility index (Phi) is 2.86. The molecular weight excluding hydrogens is 254 g/mol. The second kappa shape index (κ2) is 4.03. The maximum Gasteiger partial charge on any atom is 0.224 e. The molecule has 3 nitrogen and oxygen atoms in total. The van der Waals surface area contributed by atoms with Crippen LogP contribution in [0.15, 0.2) is 6.07 Å². The fraction of sp³-hybridized carbons (Fsp3) is 0.200. The summed E-state index contributed by atoms with van der Waals surface area (Å²) in [4.78, 5) is 7.77. The van der Waals surface area contributed by atoms with Gasteiger partial charge in [-0.05, 0) is 30.2 Å². The molecule has 2 rings (SSSR count). The molecule has 0 saturated carbocycles. The van der Waals surface area contributed by atoms with Crippen LogP contribution in [0, 0.1) is 12.7 Å². The molecular formula is C10H7Cl2FN2O. The van der Waals surface area contributed by atoms with Gasteiger partial charge in [0, 0.05) is 0 Å². The molecule has 0 aliphatic rings. The van der Waals surface area contributed by atoms with Crippen molar-refractivity contribution in [2.75, 3.05) is 7.11 Å². The minimum atomic E-state index is -0.500. The first-order chi connectivity index (χ1) is 7.54. The molecule has 16 heavy (non-hydrogen) atoms. The zero-order valence-corrected chi connectivity index (χ0v) is 10.0. The van der Waals surface area contributed by atoms with Crippen molar-refractivity contribution in [3.63, 3.8) is 0 Å². The highest BCUT2D eigenvalue weighted by molar-refractivity contribution is 6.36. The van der Waals surface area contributed by atoms with Crippen molar-refractivity contribution < 1.29 is 9.13 Å². The summed E-state index contributed by atoms with van der Waals surface area (Å²) in [5, 5.41) is 0.440. The highest BCUT2D eigenvalue weighted by Crippen LogP contribution is 2.34. The topological polar surface area (TPSA) is 35.0 Å². The number of rotatable bonds is 1. The van der Waals surface area contributed by atoms with Crippen LogP contribution in [0.25, 0.3) is 10.9 Å². The summed E-state index contributed by atoms with van der Waals surface area (Å²) in [7, 11) is 1.36. The number of ether oxygens (including phenoxy) is 1. The van der Waals surface area contributed by atoms with Crippen molar-refractivity contribution in [3.05, 3.63) is 27.9 Å². The summed E-state index contributed by atoms with van der Waals surface area (Å²) in [6, 6.07) is 1.32. The number of nitrogens with zero attached hydrogens (tertiary/aromatic N) is 2. The van der Waals surface area contributed by atoms with Crippen molar-refractivity contribution in [3.8, 4) is 5.75 Å². The molecule has 0 aliphatic heterocycles. The number of methoxy groups -OCH3 is 1. The summed E-state index contributed by atoms with van der Waals surface area (Å²) < 4.78 is 18.5. The van der Waals surface area contributed by atoms with Gasteiger partial charge in [-0.1, -0.05) is 11.6 Å². The highest BCUT2D eigenvalue weighted by Gasteiger charge is 2.16. The summed E-state index contributed by atoms with van der Waals surface area (Å²) in [5.41, 5.74) is 1.11. The number of halogens is 3. The van der Waals surface area contributed by atoms with E-state index in [1.54, 1.807) is 6.92 Å². The second-order valence-corrected chi connectivity index (χ2v) is 3.91. The maximum atomic E-state index is 13.6. The van der Waals surface area contributed by atoms with E-state index < -0.39 is 5.82 Å². The Balaban J connectivity index is 2.99. The quantitative estimate of drug-likeness (QED) is 0.583. The lowest BCUT2D eigenvalue weighted by molar-refractivity contribution is 0.391. The lowest BCUT2D eigenvalue weighted by atomic mass is 10.1. The lowest BCUT2D eigenvalue weighted by Crippen LogP contribution is -1.96. The first-order valence-corrected chi connectivity index (χ1v) is 5.16. The molecule has 0 unspecified atom stereocenters. The Bertz CT molecular complexity index is 574. The van der Waals surface area contributed by atoms with Crippen LogP contribution in [0.4, 0.5) is 4.39 Å². The van der Waals surface area contributed by atoms with Crippen LogP contribution >= 0.6 is 23.2 Å². The van der Waals surface area contributed by atoms with E-state index in [2.05, 4.69) is 9.97 Å². The van der Waals surface area contributed by atoms with E-state index in [-0.39, 0.29) is 16.2 Å². The molecule has 0 spiro atoms. The Morgan fingerprint density at radius 3 is 2.62 bits per heavy atom. The van der Waals surface area contributed by atoms with Crippen molar-refractivity contribution in [1.82, 2.24) is 9.97 Å².